The fourth-order valence-electron chi connectivity index (χ4n) is 2.17. The van der Waals surface area contributed by atoms with Gasteiger partial charge in [0.1, 0.15) is 5.75 Å². The smallest absolute Gasteiger partial charge is 0.122 e. The van der Waals surface area contributed by atoms with Crippen LogP contribution >= 0.6 is 0 Å². The van der Waals surface area contributed by atoms with E-state index in [1.807, 2.05) is 0 Å². The summed E-state index contributed by atoms with van der Waals surface area (Å²) >= 11 is 0. The lowest BCUT2D eigenvalue weighted by atomic mass is 9.86. The summed E-state index contributed by atoms with van der Waals surface area (Å²) in [6.45, 7) is 14.0. The summed E-state index contributed by atoms with van der Waals surface area (Å²) in [6, 6.07) is 6.56. The van der Waals surface area contributed by atoms with Crippen LogP contribution < -0.4 is 10.1 Å². The van der Waals surface area contributed by atoms with E-state index in [0.717, 1.165) is 31.9 Å². The zero-order chi connectivity index (χ0) is 15.0. The number of nitrogens with one attached hydrogen (secondary N) is 1. The molecule has 0 aromatic heterocycles. The van der Waals surface area contributed by atoms with E-state index in [1.165, 1.54) is 24.0 Å². The third kappa shape index (κ3) is 5.96. The van der Waals surface area contributed by atoms with Crippen LogP contribution in [0.3, 0.4) is 0 Å². The second-order valence-corrected chi connectivity index (χ2v) is 6.49. The molecule has 1 aromatic rings. The van der Waals surface area contributed by atoms with Crippen molar-refractivity contribution in [1.29, 1.82) is 0 Å². The molecule has 2 heteroatoms. The minimum absolute atomic E-state index is 0.204. The minimum atomic E-state index is 0.204. The number of unbranched alkanes of at least 4 members (excludes halogenated alkanes) is 2. The highest BCUT2D eigenvalue weighted by Gasteiger charge is 2.14. The Morgan fingerprint density at radius 3 is 2.45 bits per heavy atom. The molecule has 0 aliphatic carbocycles. The predicted octanol–water partition coefficient (Wildman–Crippen LogP) is 4.45. The maximum Gasteiger partial charge on any atom is 0.122 e. The van der Waals surface area contributed by atoms with E-state index >= 15 is 0 Å². The predicted molar refractivity (Wildman–Crippen MR) is 87.8 cm³/mol. The molecule has 0 saturated heterocycles. The van der Waals surface area contributed by atoms with E-state index in [2.05, 4.69) is 58.1 Å². The molecule has 0 aliphatic rings. The van der Waals surface area contributed by atoms with E-state index in [4.69, 9.17) is 4.74 Å². The van der Waals surface area contributed by atoms with Gasteiger partial charge in [-0.2, -0.15) is 0 Å². The highest BCUT2D eigenvalue weighted by atomic mass is 16.5. The first-order valence-electron chi connectivity index (χ1n) is 7.90. The largest absolute Gasteiger partial charge is 0.493 e. The van der Waals surface area contributed by atoms with Gasteiger partial charge >= 0.3 is 0 Å². The van der Waals surface area contributed by atoms with Crippen LogP contribution in [0.5, 0.6) is 5.75 Å². The highest BCUT2D eigenvalue weighted by Crippen LogP contribution is 2.27. The summed E-state index contributed by atoms with van der Waals surface area (Å²) in [5.74, 6) is 1.03. The summed E-state index contributed by atoms with van der Waals surface area (Å²) in [5, 5.41) is 3.35. The van der Waals surface area contributed by atoms with Crippen LogP contribution in [0, 0.1) is 6.92 Å². The van der Waals surface area contributed by atoms with Crippen LogP contribution in [0.1, 0.15) is 58.1 Å². The Kier molecular flexibility index (Phi) is 7.08. The van der Waals surface area contributed by atoms with Crippen LogP contribution in [0.25, 0.3) is 0 Å². The number of hydrogen-bond acceptors (Lipinski definition) is 2. The van der Waals surface area contributed by atoms with E-state index < -0.39 is 0 Å². The Morgan fingerprint density at radius 1 is 1.10 bits per heavy atom. The average Bonchev–Trinajstić information content (AvgIpc) is 2.38. The molecular formula is C18H31NO. The van der Waals surface area contributed by atoms with Gasteiger partial charge in [-0.1, -0.05) is 39.8 Å². The Hall–Kier alpha value is -1.02. The quantitative estimate of drug-likeness (QED) is 0.709. The molecule has 0 spiro atoms. The van der Waals surface area contributed by atoms with Crippen molar-refractivity contribution < 1.29 is 4.74 Å². The molecular weight excluding hydrogens is 246 g/mol. The summed E-state index contributed by atoms with van der Waals surface area (Å²) in [6.07, 6.45) is 3.59. The summed E-state index contributed by atoms with van der Waals surface area (Å²) in [4.78, 5) is 0. The van der Waals surface area contributed by atoms with E-state index in [0.29, 0.717) is 0 Å². The van der Waals surface area contributed by atoms with Gasteiger partial charge in [-0.3, -0.25) is 0 Å². The lowest BCUT2D eigenvalue weighted by Gasteiger charge is -2.20. The molecule has 0 unspecified atom stereocenters. The lowest BCUT2D eigenvalue weighted by molar-refractivity contribution is 0.303. The molecule has 1 N–H and O–H groups in total. The van der Waals surface area contributed by atoms with Crippen molar-refractivity contribution in [3.63, 3.8) is 0 Å². The fourth-order valence-corrected chi connectivity index (χ4v) is 2.17. The molecule has 0 atom stereocenters. The molecule has 1 rings (SSSR count). The Labute approximate surface area is 124 Å². The zero-order valence-corrected chi connectivity index (χ0v) is 13.9. The number of aryl methyl sites for hydroxylation is 1. The standard InChI is InChI=1S/C18H31NO/c1-6-19-12-8-7-9-13-20-17-11-10-16(14-15(17)2)18(3,4)5/h10-11,14,19H,6-9,12-13H2,1-5H3. The third-order valence-corrected chi connectivity index (χ3v) is 3.55. The number of hydrogen-bond donors (Lipinski definition) is 1. The van der Waals surface area contributed by atoms with Gasteiger partial charge in [-0.15, -0.1) is 0 Å². The molecule has 0 amide bonds. The number of benzene rings is 1. The molecule has 0 radical (unpaired) electrons. The van der Waals surface area contributed by atoms with E-state index in [-0.39, 0.29) is 5.41 Å². The molecule has 0 fully saturated rings. The van der Waals surface area contributed by atoms with Crippen LogP contribution in [0.4, 0.5) is 0 Å². The van der Waals surface area contributed by atoms with E-state index in [1.54, 1.807) is 0 Å². The Bertz CT molecular complexity index is 393. The number of rotatable bonds is 8. The summed E-state index contributed by atoms with van der Waals surface area (Å²) < 4.78 is 5.89. The van der Waals surface area contributed by atoms with E-state index in [9.17, 15) is 0 Å². The van der Waals surface area contributed by atoms with Gasteiger partial charge in [0.2, 0.25) is 0 Å². The lowest BCUT2D eigenvalue weighted by Crippen LogP contribution is -2.14. The van der Waals surface area contributed by atoms with Gasteiger partial charge in [-0.05, 0) is 61.9 Å². The van der Waals surface area contributed by atoms with Crippen molar-refractivity contribution >= 4 is 0 Å². The minimum Gasteiger partial charge on any atom is -0.493 e. The van der Waals surface area contributed by atoms with Crippen molar-refractivity contribution in [2.45, 2.75) is 59.3 Å². The summed E-state index contributed by atoms with van der Waals surface area (Å²) in [7, 11) is 0. The molecule has 0 aliphatic heterocycles. The van der Waals surface area contributed by atoms with Crippen molar-refractivity contribution in [2.24, 2.45) is 0 Å². The van der Waals surface area contributed by atoms with Crippen molar-refractivity contribution in [3.8, 4) is 5.75 Å². The van der Waals surface area contributed by atoms with Crippen LogP contribution in [-0.2, 0) is 5.41 Å². The second kappa shape index (κ2) is 8.31. The maximum atomic E-state index is 5.89. The van der Waals surface area contributed by atoms with Crippen molar-refractivity contribution in [3.05, 3.63) is 29.3 Å². The number of ether oxygens (including phenoxy) is 1. The first-order chi connectivity index (χ1) is 9.45. The molecule has 1 aromatic carbocycles. The SMILES string of the molecule is CCNCCCCCOc1ccc(C(C)(C)C)cc1C. The Morgan fingerprint density at radius 2 is 1.85 bits per heavy atom. The first-order valence-corrected chi connectivity index (χ1v) is 7.90. The fraction of sp³-hybridized carbons (Fsp3) is 0.667. The van der Waals surface area contributed by atoms with Crippen LogP contribution in [0.2, 0.25) is 0 Å². The third-order valence-electron chi connectivity index (χ3n) is 3.55. The van der Waals surface area contributed by atoms with Gasteiger partial charge in [0.25, 0.3) is 0 Å². The zero-order valence-electron chi connectivity index (χ0n) is 13.9. The molecule has 0 saturated carbocycles. The molecule has 2 nitrogen and oxygen atoms in total. The highest BCUT2D eigenvalue weighted by molar-refractivity contribution is 5.38. The maximum absolute atomic E-state index is 5.89. The van der Waals surface area contributed by atoms with Crippen molar-refractivity contribution in [2.75, 3.05) is 19.7 Å². The Balaban J connectivity index is 2.34. The molecule has 0 bridgehead atoms. The molecule has 0 heterocycles. The monoisotopic (exact) mass is 277 g/mol. The van der Waals surface area contributed by atoms with Gasteiger partial charge < -0.3 is 10.1 Å². The van der Waals surface area contributed by atoms with Gasteiger partial charge in [0.05, 0.1) is 6.61 Å². The van der Waals surface area contributed by atoms with Gasteiger partial charge in [0, 0.05) is 0 Å². The molecule has 114 valence electrons. The normalized spacial score (nSPS) is 11.7. The first kappa shape index (κ1) is 17.0. The van der Waals surface area contributed by atoms with Crippen molar-refractivity contribution in [1.82, 2.24) is 5.32 Å². The van der Waals surface area contributed by atoms with Gasteiger partial charge in [-0.25, -0.2) is 0 Å². The topological polar surface area (TPSA) is 21.3 Å². The second-order valence-electron chi connectivity index (χ2n) is 6.49. The van der Waals surface area contributed by atoms with Gasteiger partial charge in [0.15, 0.2) is 0 Å². The molecule has 20 heavy (non-hydrogen) atoms. The van der Waals surface area contributed by atoms with Crippen LogP contribution in [-0.4, -0.2) is 19.7 Å². The van der Waals surface area contributed by atoms with Crippen LogP contribution in [0.15, 0.2) is 18.2 Å². The summed E-state index contributed by atoms with van der Waals surface area (Å²) in [5.41, 5.74) is 2.81. The average molecular weight is 277 g/mol.